The quantitative estimate of drug-likeness (QED) is 0.835. The van der Waals surface area contributed by atoms with Gasteiger partial charge in [-0.25, -0.2) is 0 Å². The molecule has 0 saturated carbocycles. The summed E-state index contributed by atoms with van der Waals surface area (Å²) in [6.07, 6.45) is 0. The van der Waals surface area contributed by atoms with Crippen molar-refractivity contribution in [2.45, 2.75) is 6.54 Å². The number of hydrogen-bond acceptors (Lipinski definition) is 2. The summed E-state index contributed by atoms with van der Waals surface area (Å²) in [4.78, 5) is 13.4. The molecule has 1 heterocycles. The van der Waals surface area contributed by atoms with Gasteiger partial charge < -0.3 is 10.0 Å². The molecule has 0 saturated heterocycles. The lowest BCUT2D eigenvalue weighted by atomic mass is 10.1. The Hall–Kier alpha value is -0.620. The average molecular weight is 303 g/mol. The van der Waals surface area contributed by atoms with Crippen molar-refractivity contribution in [2.75, 3.05) is 13.2 Å². The predicted molar refractivity (Wildman–Crippen MR) is 61.0 cm³/mol. The van der Waals surface area contributed by atoms with Crippen LogP contribution in [0.5, 0.6) is 0 Å². The predicted octanol–water partition coefficient (Wildman–Crippen LogP) is 1.24. The molecular formula is C10H10INO2. The zero-order valence-electron chi connectivity index (χ0n) is 7.53. The van der Waals surface area contributed by atoms with Crippen LogP contribution in [0.4, 0.5) is 0 Å². The highest BCUT2D eigenvalue weighted by Gasteiger charge is 2.26. The van der Waals surface area contributed by atoms with Crippen molar-refractivity contribution >= 4 is 28.5 Å². The van der Waals surface area contributed by atoms with Crippen molar-refractivity contribution in [1.29, 1.82) is 0 Å². The largest absolute Gasteiger partial charge is 0.395 e. The molecule has 0 aromatic heterocycles. The Morgan fingerprint density at radius 1 is 1.50 bits per heavy atom. The summed E-state index contributed by atoms with van der Waals surface area (Å²) in [5.74, 6) is 0.0348. The number of benzene rings is 1. The SMILES string of the molecule is O=C1c2cc(I)ccc2CN1CCO. The van der Waals surface area contributed by atoms with Gasteiger partial charge in [0.15, 0.2) is 0 Å². The van der Waals surface area contributed by atoms with Gasteiger partial charge in [-0.15, -0.1) is 0 Å². The van der Waals surface area contributed by atoms with Crippen LogP contribution in [0, 0.1) is 3.57 Å². The molecule has 1 aromatic carbocycles. The minimum atomic E-state index is 0.0246. The van der Waals surface area contributed by atoms with E-state index in [9.17, 15) is 4.79 Å². The summed E-state index contributed by atoms with van der Waals surface area (Å²) >= 11 is 2.19. The molecule has 3 nitrogen and oxygen atoms in total. The number of halogens is 1. The van der Waals surface area contributed by atoms with Crippen LogP contribution in [-0.2, 0) is 6.54 Å². The number of nitrogens with zero attached hydrogens (tertiary/aromatic N) is 1. The third-order valence-electron chi connectivity index (χ3n) is 2.32. The minimum absolute atomic E-state index is 0.0246. The standard InChI is InChI=1S/C10H10INO2/c11-8-2-1-7-6-12(3-4-13)10(14)9(7)5-8/h1-2,5,13H,3-4,6H2. The van der Waals surface area contributed by atoms with E-state index in [0.29, 0.717) is 13.1 Å². The summed E-state index contributed by atoms with van der Waals surface area (Å²) < 4.78 is 1.07. The van der Waals surface area contributed by atoms with Crippen LogP contribution >= 0.6 is 22.6 Å². The molecule has 14 heavy (non-hydrogen) atoms. The Kier molecular flexibility index (Phi) is 2.73. The summed E-state index contributed by atoms with van der Waals surface area (Å²) in [6.45, 7) is 1.08. The van der Waals surface area contributed by atoms with Gasteiger partial charge in [-0.2, -0.15) is 0 Å². The molecule has 1 N–H and O–H groups in total. The van der Waals surface area contributed by atoms with Gasteiger partial charge in [-0.3, -0.25) is 4.79 Å². The maximum Gasteiger partial charge on any atom is 0.254 e. The molecule has 0 unspecified atom stereocenters. The Morgan fingerprint density at radius 2 is 2.29 bits per heavy atom. The molecule has 1 aliphatic rings. The molecule has 4 heteroatoms. The van der Waals surface area contributed by atoms with Crippen molar-refractivity contribution in [3.05, 3.63) is 32.9 Å². The number of fused-ring (bicyclic) bond motifs is 1. The highest BCUT2D eigenvalue weighted by atomic mass is 127. The summed E-state index contributed by atoms with van der Waals surface area (Å²) in [6, 6.07) is 5.87. The summed E-state index contributed by atoms with van der Waals surface area (Å²) in [5.41, 5.74) is 1.84. The first kappa shape index (κ1) is 9.92. The van der Waals surface area contributed by atoms with E-state index in [-0.39, 0.29) is 12.5 Å². The summed E-state index contributed by atoms with van der Waals surface area (Å²) in [5, 5.41) is 8.78. The van der Waals surface area contributed by atoms with E-state index in [1.807, 2.05) is 18.2 Å². The van der Waals surface area contributed by atoms with Crippen LogP contribution in [0.15, 0.2) is 18.2 Å². The van der Waals surface area contributed by atoms with Crippen LogP contribution < -0.4 is 0 Å². The van der Waals surface area contributed by atoms with Crippen LogP contribution in [0.1, 0.15) is 15.9 Å². The molecule has 1 aromatic rings. The molecule has 2 rings (SSSR count). The van der Waals surface area contributed by atoms with Gasteiger partial charge in [0.1, 0.15) is 0 Å². The lowest BCUT2D eigenvalue weighted by Crippen LogP contribution is -2.26. The van der Waals surface area contributed by atoms with E-state index < -0.39 is 0 Å². The Morgan fingerprint density at radius 3 is 3.00 bits per heavy atom. The first-order chi connectivity index (χ1) is 6.72. The Balaban J connectivity index is 2.31. The number of rotatable bonds is 2. The van der Waals surface area contributed by atoms with Crippen molar-refractivity contribution in [3.63, 3.8) is 0 Å². The molecule has 0 fully saturated rings. The number of hydrogen-bond donors (Lipinski definition) is 1. The molecule has 1 amide bonds. The van der Waals surface area contributed by atoms with Gasteiger partial charge in [0.25, 0.3) is 5.91 Å². The number of aliphatic hydroxyl groups excluding tert-OH is 1. The van der Waals surface area contributed by atoms with Gasteiger partial charge in [0.2, 0.25) is 0 Å². The van der Waals surface area contributed by atoms with Crippen molar-refractivity contribution in [2.24, 2.45) is 0 Å². The van der Waals surface area contributed by atoms with Crippen LogP contribution in [0.25, 0.3) is 0 Å². The van der Waals surface area contributed by atoms with E-state index in [1.54, 1.807) is 4.90 Å². The third-order valence-corrected chi connectivity index (χ3v) is 2.99. The van der Waals surface area contributed by atoms with Gasteiger partial charge in [0.05, 0.1) is 6.61 Å². The lowest BCUT2D eigenvalue weighted by molar-refractivity contribution is 0.0745. The molecule has 0 radical (unpaired) electrons. The number of amides is 1. The van der Waals surface area contributed by atoms with Crippen LogP contribution in [0.3, 0.4) is 0 Å². The fourth-order valence-electron chi connectivity index (χ4n) is 1.63. The number of β-amino-alcohol motifs (C(OH)–C–C–N with tert-alkyl or cyclic N) is 1. The topological polar surface area (TPSA) is 40.5 Å². The van der Waals surface area contributed by atoms with Gasteiger partial charge in [-0.1, -0.05) is 6.07 Å². The van der Waals surface area contributed by atoms with E-state index >= 15 is 0 Å². The molecule has 0 aliphatic carbocycles. The van der Waals surface area contributed by atoms with E-state index in [4.69, 9.17) is 5.11 Å². The molecule has 1 aliphatic heterocycles. The highest BCUT2D eigenvalue weighted by molar-refractivity contribution is 14.1. The van der Waals surface area contributed by atoms with Gasteiger partial charge in [-0.05, 0) is 40.3 Å². The number of carbonyl (C=O) groups excluding carboxylic acids is 1. The van der Waals surface area contributed by atoms with Crippen molar-refractivity contribution < 1.29 is 9.90 Å². The zero-order chi connectivity index (χ0) is 10.1. The first-order valence-corrected chi connectivity index (χ1v) is 5.49. The second-order valence-corrected chi connectivity index (χ2v) is 4.50. The molecular weight excluding hydrogens is 293 g/mol. The van der Waals surface area contributed by atoms with Gasteiger partial charge in [0, 0.05) is 22.2 Å². The van der Waals surface area contributed by atoms with Crippen LogP contribution in [-0.4, -0.2) is 29.1 Å². The molecule has 0 atom stereocenters. The minimum Gasteiger partial charge on any atom is -0.395 e. The number of carbonyl (C=O) groups is 1. The second-order valence-electron chi connectivity index (χ2n) is 3.25. The monoisotopic (exact) mass is 303 g/mol. The van der Waals surface area contributed by atoms with Crippen molar-refractivity contribution in [1.82, 2.24) is 4.90 Å². The zero-order valence-corrected chi connectivity index (χ0v) is 9.69. The van der Waals surface area contributed by atoms with Gasteiger partial charge >= 0.3 is 0 Å². The molecule has 0 spiro atoms. The second kappa shape index (κ2) is 3.86. The fourth-order valence-corrected chi connectivity index (χ4v) is 2.13. The summed E-state index contributed by atoms with van der Waals surface area (Å²) in [7, 11) is 0. The maximum atomic E-state index is 11.8. The average Bonchev–Trinajstić information content (AvgIpc) is 2.46. The number of aliphatic hydroxyl groups is 1. The Labute approximate surface area is 95.9 Å². The van der Waals surface area contributed by atoms with Crippen molar-refractivity contribution in [3.8, 4) is 0 Å². The fraction of sp³-hybridized carbons (Fsp3) is 0.300. The lowest BCUT2D eigenvalue weighted by Gasteiger charge is -2.12. The van der Waals surface area contributed by atoms with E-state index in [0.717, 1.165) is 14.7 Å². The van der Waals surface area contributed by atoms with E-state index in [1.165, 1.54) is 0 Å². The van der Waals surface area contributed by atoms with E-state index in [2.05, 4.69) is 22.6 Å². The Bertz CT molecular complexity index is 378. The first-order valence-electron chi connectivity index (χ1n) is 4.41. The third kappa shape index (κ3) is 1.64. The maximum absolute atomic E-state index is 11.8. The smallest absolute Gasteiger partial charge is 0.254 e. The highest BCUT2D eigenvalue weighted by Crippen LogP contribution is 2.23. The molecule has 0 bridgehead atoms. The van der Waals surface area contributed by atoms with Crippen LogP contribution in [0.2, 0.25) is 0 Å². The molecule has 74 valence electrons. The normalized spacial score (nSPS) is 14.7.